The summed E-state index contributed by atoms with van der Waals surface area (Å²) >= 11 is 1.41. The summed E-state index contributed by atoms with van der Waals surface area (Å²) in [4.78, 5) is 13.4. The summed E-state index contributed by atoms with van der Waals surface area (Å²) in [6, 6.07) is 9.50. The predicted molar refractivity (Wildman–Crippen MR) is 72.6 cm³/mol. The molecule has 1 saturated heterocycles. The highest BCUT2D eigenvalue weighted by atomic mass is 32.2. The minimum absolute atomic E-state index is 0.0453. The van der Waals surface area contributed by atoms with Crippen LogP contribution in [0.2, 0.25) is 0 Å². The number of amides is 1. The van der Waals surface area contributed by atoms with E-state index in [0.717, 1.165) is 11.4 Å². The zero-order valence-corrected chi connectivity index (χ0v) is 10.6. The van der Waals surface area contributed by atoms with Crippen LogP contribution in [-0.2, 0) is 4.79 Å². The third-order valence-electron chi connectivity index (χ3n) is 2.12. The fourth-order valence-corrected chi connectivity index (χ4v) is 2.23. The normalized spacial score (nSPS) is 17.6. The molecule has 1 amide bonds. The Labute approximate surface area is 104 Å². The largest absolute Gasteiger partial charge is 0.273 e. The third kappa shape index (κ3) is 2.74. The Bertz CT molecular complexity index is 478. The molecule has 1 aliphatic rings. The molecule has 2 rings (SSSR count). The number of benzene rings is 1. The van der Waals surface area contributed by atoms with E-state index >= 15 is 0 Å². The van der Waals surface area contributed by atoms with Gasteiger partial charge in [0.25, 0.3) is 0 Å². The van der Waals surface area contributed by atoms with Crippen molar-refractivity contribution in [2.24, 2.45) is 10.2 Å². The summed E-state index contributed by atoms with van der Waals surface area (Å²) in [5.41, 5.74) is 1.70. The average molecular weight is 247 g/mol. The molecule has 0 unspecified atom stereocenters. The summed E-state index contributed by atoms with van der Waals surface area (Å²) in [5.74, 6) is 0.468. The Hall–Kier alpha value is -1.62. The number of carbonyl (C=O) groups is 1. The fraction of sp³-hybridized carbons (Fsp3) is 0.250. The van der Waals surface area contributed by atoms with E-state index in [1.165, 1.54) is 11.8 Å². The van der Waals surface area contributed by atoms with E-state index in [-0.39, 0.29) is 5.91 Å². The number of rotatable bonds is 2. The molecule has 1 fully saturated rings. The fourth-order valence-electron chi connectivity index (χ4n) is 1.41. The molecule has 0 radical (unpaired) electrons. The van der Waals surface area contributed by atoms with Crippen LogP contribution in [0.1, 0.15) is 13.8 Å². The maximum atomic E-state index is 11.8. The number of hydrogen-bond acceptors (Lipinski definition) is 4. The molecule has 0 saturated carbocycles. The Morgan fingerprint density at radius 2 is 2.00 bits per heavy atom. The second-order valence-corrected chi connectivity index (χ2v) is 4.73. The van der Waals surface area contributed by atoms with Gasteiger partial charge in [-0.2, -0.15) is 5.10 Å². The molecule has 17 heavy (non-hydrogen) atoms. The van der Waals surface area contributed by atoms with Crippen LogP contribution in [0.5, 0.6) is 0 Å². The van der Waals surface area contributed by atoms with Crippen molar-refractivity contribution in [3.63, 3.8) is 0 Å². The Kier molecular flexibility index (Phi) is 3.58. The molecule has 1 aliphatic heterocycles. The van der Waals surface area contributed by atoms with Crippen molar-refractivity contribution in [3.05, 3.63) is 30.3 Å². The van der Waals surface area contributed by atoms with Gasteiger partial charge in [-0.05, 0) is 26.0 Å². The van der Waals surface area contributed by atoms with Crippen LogP contribution >= 0.6 is 11.8 Å². The highest BCUT2D eigenvalue weighted by Gasteiger charge is 2.29. The highest BCUT2D eigenvalue weighted by Crippen LogP contribution is 2.26. The number of nitrogens with zero attached hydrogens (tertiary/aromatic N) is 3. The van der Waals surface area contributed by atoms with Gasteiger partial charge in [0.05, 0.1) is 11.4 Å². The van der Waals surface area contributed by atoms with E-state index in [2.05, 4.69) is 10.2 Å². The van der Waals surface area contributed by atoms with Crippen molar-refractivity contribution in [1.29, 1.82) is 0 Å². The van der Waals surface area contributed by atoms with E-state index in [4.69, 9.17) is 0 Å². The van der Waals surface area contributed by atoms with Crippen LogP contribution in [0.15, 0.2) is 40.5 Å². The van der Waals surface area contributed by atoms with Crippen LogP contribution in [0, 0.1) is 0 Å². The van der Waals surface area contributed by atoms with Crippen LogP contribution in [0.4, 0.5) is 5.69 Å². The van der Waals surface area contributed by atoms with Gasteiger partial charge >= 0.3 is 0 Å². The van der Waals surface area contributed by atoms with Crippen molar-refractivity contribution in [3.8, 4) is 0 Å². The van der Waals surface area contributed by atoms with Crippen LogP contribution in [-0.4, -0.2) is 22.5 Å². The molecule has 4 nitrogen and oxygen atoms in total. The number of anilines is 1. The lowest BCUT2D eigenvalue weighted by Gasteiger charge is -2.14. The monoisotopic (exact) mass is 247 g/mol. The molecule has 0 atom stereocenters. The second-order valence-electron chi connectivity index (χ2n) is 3.78. The maximum absolute atomic E-state index is 11.8. The van der Waals surface area contributed by atoms with Crippen molar-refractivity contribution < 1.29 is 4.79 Å². The molecular formula is C12H13N3OS. The van der Waals surface area contributed by atoms with Gasteiger partial charge in [0, 0.05) is 5.71 Å². The van der Waals surface area contributed by atoms with Crippen molar-refractivity contribution in [2.75, 3.05) is 10.7 Å². The first-order valence-electron chi connectivity index (χ1n) is 5.28. The molecule has 0 bridgehead atoms. The zero-order chi connectivity index (χ0) is 12.3. The molecule has 0 N–H and O–H groups in total. The van der Waals surface area contributed by atoms with Gasteiger partial charge < -0.3 is 0 Å². The van der Waals surface area contributed by atoms with E-state index in [0.29, 0.717) is 10.9 Å². The quantitative estimate of drug-likeness (QED) is 0.595. The van der Waals surface area contributed by atoms with Gasteiger partial charge in [-0.15, -0.1) is 5.10 Å². The Balaban J connectivity index is 2.33. The summed E-state index contributed by atoms with van der Waals surface area (Å²) in [5, 5.41) is 8.75. The SMILES string of the molecule is CC(C)=N/N=C1\SCC(=O)N1c1ccccc1. The van der Waals surface area contributed by atoms with Crippen molar-refractivity contribution >= 4 is 34.2 Å². The van der Waals surface area contributed by atoms with E-state index < -0.39 is 0 Å². The first-order chi connectivity index (χ1) is 8.18. The number of thioether (sulfide) groups is 1. The summed E-state index contributed by atoms with van der Waals surface area (Å²) < 4.78 is 0. The molecule has 0 spiro atoms. The van der Waals surface area contributed by atoms with Gasteiger partial charge in [-0.25, -0.2) is 0 Å². The Morgan fingerprint density at radius 3 is 2.65 bits per heavy atom. The van der Waals surface area contributed by atoms with Crippen molar-refractivity contribution in [1.82, 2.24) is 0 Å². The van der Waals surface area contributed by atoms with Gasteiger partial charge in [-0.1, -0.05) is 30.0 Å². The molecule has 5 heteroatoms. The molecule has 1 aromatic rings. The van der Waals surface area contributed by atoms with Gasteiger partial charge in [-0.3, -0.25) is 9.69 Å². The van der Waals surface area contributed by atoms with Crippen LogP contribution in [0.25, 0.3) is 0 Å². The molecule has 88 valence electrons. The average Bonchev–Trinajstić information content (AvgIpc) is 2.69. The minimum Gasteiger partial charge on any atom is -0.273 e. The molecular weight excluding hydrogens is 234 g/mol. The number of para-hydroxylation sites is 1. The lowest BCUT2D eigenvalue weighted by molar-refractivity contribution is -0.115. The van der Waals surface area contributed by atoms with Crippen LogP contribution < -0.4 is 4.90 Å². The second kappa shape index (κ2) is 5.14. The topological polar surface area (TPSA) is 45.0 Å². The summed E-state index contributed by atoms with van der Waals surface area (Å²) in [6.07, 6.45) is 0. The smallest absolute Gasteiger partial charge is 0.243 e. The van der Waals surface area contributed by atoms with Crippen molar-refractivity contribution in [2.45, 2.75) is 13.8 Å². The maximum Gasteiger partial charge on any atom is 0.243 e. The van der Waals surface area contributed by atoms with E-state index in [1.54, 1.807) is 4.90 Å². The van der Waals surface area contributed by atoms with Gasteiger partial charge in [0.2, 0.25) is 5.91 Å². The lowest BCUT2D eigenvalue weighted by Crippen LogP contribution is -2.28. The zero-order valence-electron chi connectivity index (χ0n) is 9.75. The predicted octanol–water partition coefficient (Wildman–Crippen LogP) is 2.52. The third-order valence-corrected chi connectivity index (χ3v) is 3.03. The minimum atomic E-state index is 0.0453. The lowest BCUT2D eigenvalue weighted by atomic mass is 10.3. The highest BCUT2D eigenvalue weighted by molar-refractivity contribution is 8.15. The summed E-state index contributed by atoms with van der Waals surface area (Å²) in [6.45, 7) is 3.75. The number of carbonyl (C=O) groups excluding carboxylic acids is 1. The van der Waals surface area contributed by atoms with Crippen LogP contribution in [0.3, 0.4) is 0 Å². The van der Waals surface area contributed by atoms with E-state index in [9.17, 15) is 4.79 Å². The Morgan fingerprint density at radius 1 is 1.29 bits per heavy atom. The number of hydrogen-bond donors (Lipinski definition) is 0. The molecule has 0 aromatic heterocycles. The summed E-state index contributed by atoms with van der Waals surface area (Å²) in [7, 11) is 0. The van der Waals surface area contributed by atoms with Gasteiger partial charge in [0.1, 0.15) is 0 Å². The first-order valence-corrected chi connectivity index (χ1v) is 6.26. The number of amidine groups is 1. The van der Waals surface area contributed by atoms with Gasteiger partial charge in [0.15, 0.2) is 5.17 Å². The molecule has 1 heterocycles. The first kappa shape index (κ1) is 11.9. The standard InChI is InChI=1S/C12H13N3OS/c1-9(2)13-14-12-15(11(16)8-17-12)10-6-4-3-5-7-10/h3-7H,8H2,1-2H3/b14-12-. The van der Waals surface area contributed by atoms with E-state index in [1.807, 2.05) is 44.2 Å². The molecule has 0 aliphatic carbocycles. The molecule has 1 aromatic carbocycles.